The summed E-state index contributed by atoms with van der Waals surface area (Å²) in [6.45, 7) is 1.26. The average molecular weight is 281 g/mol. The van der Waals surface area contributed by atoms with Crippen molar-refractivity contribution in [3.8, 4) is 0 Å². The number of amides is 2. The SMILES string of the molecule is CC(=O)Nc1ccc(NC(=O)C(F)(F)F)cc1Cl. The van der Waals surface area contributed by atoms with Gasteiger partial charge in [0.2, 0.25) is 5.91 Å². The van der Waals surface area contributed by atoms with Gasteiger partial charge in [0.15, 0.2) is 0 Å². The van der Waals surface area contributed by atoms with Crippen molar-refractivity contribution in [1.29, 1.82) is 0 Å². The van der Waals surface area contributed by atoms with Crippen molar-refractivity contribution >= 4 is 34.8 Å². The van der Waals surface area contributed by atoms with E-state index >= 15 is 0 Å². The molecule has 2 N–H and O–H groups in total. The minimum atomic E-state index is -4.97. The Morgan fingerprint density at radius 1 is 1.22 bits per heavy atom. The van der Waals surface area contributed by atoms with Gasteiger partial charge in [-0.2, -0.15) is 13.2 Å². The van der Waals surface area contributed by atoms with Crippen molar-refractivity contribution < 1.29 is 22.8 Å². The van der Waals surface area contributed by atoms with Gasteiger partial charge < -0.3 is 10.6 Å². The zero-order chi connectivity index (χ0) is 13.9. The number of hydrogen-bond acceptors (Lipinski definition) is 2. The molecule has 0 aliphatic heterocycles. The Bertz CT molecular complexity index is 489. The largest absolute Gasteiger partial charge is 0.471 e. The summed E-state index contributed by atoms with van der Waals surface area (Å²) in [5.41, 5.74) is 0.130. The number of anilines is 2. The van der Waals surface area contributed by atoms with E-state index in [4.69, 9.17) is 11.6 Å². The van der Waals surface area contributed by atoms with Crippen LogP contribution in [0.2, 0.25) is 5.02 Å². The zero-order valence-corrected chi connectivity index (χ0v) is 9.82. The predicted octanol–water partition coefficient (Wildman–Crippen LogP) is 2.80. The van der Waals surface area contributed by atoms with Crippen molar-refractivity contribution in [2.24, 2.45) is 0 Å². The van der Waals surface area contributed by atoms with Crippen LogP contribution in [0, 0.1) is 0 Å². The molecule has 0 atom stereocenters. The molecule has 0 fully saturated rings. The van der Waals surface area contributed by atoms with Crippen LogP contribution in [0.25, 0.3) is 0 Å². The summed E-state index contributed by atoms with van der Waals surface area (Å²) >= 11 is 5.72. The predicted molar refractivity (Wildman–Crippen MR) is 60.4 cm³/mol. The zero-order valence-electron chi connectivity index (χ0n) is 9.06. The third-order valence-corrected chi connectivity index (χ3v) is 2.11. The lowest BCUT2D eigenvalue weighted by Crippen LogP contribution is -2.29. The third-order valence-electron chi connectivity index (χ3n) is 1.80. The summed E-state index contributed by atoms with van der Waals surface area (Å²) in [4.78, 5) is 21.4. The Hall–Kier alpha value is -1.76. The second kappa shape index (κ2) is 5.26. The molecule has 0 saturated carbocycles. The molecule has 8 heteroatoms. The lowest BCUT2D eigenvalue weighted by molar-refractivity contribution is -0.167. The van der Waals surface area contributed by atoms with E-state index in [1.54, 1.807) is 5.32 Å². The first-order valence-corrected chi connectivity index (χ1v) is 5.03. The molecule has 0 aliphatic rings. The van der Waals surface area contributed by atoms with Crippen LogP contribution < -0.4 is 10.6 Å². The lowest BCUT2D eigenvalue weighted by Gasteiger charge is -2.10. The van der Waals surface area contributed by atoms with Crippen LogP contribution in [0.5, 0.6) is 0 Å². The number of rotatable bonds is 2. The molecule has 18 heavy (non-hydrogen) atoms. The number of halogens is 4. The van der Waals surface area contributed by atoms with E-state index in [0.29, 0.717) is 0 Å². The van der Waals surface area contributed by atoms with Crippen molar-refractivity contribution in [2.75, 3.05) is 10.6 Å². The molecule has 0 bridgehead atoms. The first kappa shape index (κ1) is 14.3. The number of benzene rings is 1. The normalized spacial score (nSPS) is 10.9. The fourth-order valence-corrected chi connectivity index (χ4v) is 1.31. The summed E-state index contributed by atoms with van der Waals surface area (Å²) < 4.78 is 36.0. The summed E-state index contributed by atoms with van der Waals surface area (Å²) in [5.74, 6) is -2.46. The quantitative estimate of drug-likeness (QED) is 0.875. The summed E-state index contributed by atoms with van der Waals surface area (Å²) in [5, 5.41) is 4.04. The molecule has 98 valence electrons. The smallest absolute Gasteiger partial charge is 0.325 e. The highest BCUT2D eigenvalue weighted by atomic mass is 35.5. The number of carbonyl (C=O) groups is 2. The Balaban J connectivity index is 2.85. The number of hydrogen-bond donors (Lipinski definition) is 2. The molecule has 0 saturated heterocycles. The van der Waals surface area contributed by atoms with Crippen LogP contribution >= 0.6 is 11.6 Å². The van der Waals surface area contributed by atoms with Crippen LogP contribution in [0.1, 0.15) is 6.92 Å². The Morgan fingerprint density at radius 3 is 2.28 bits per heavy atom. The van der Waals surface area contributed by atoms with E-state index in [-0.39, 0.29) is 22.3 Å². The van der Waals surface area contributed by atoms with Gasteiger partial charge in [0.1, 0.15) is 0 Å². The van der Waals surface area contributed by atoms with E-state index < -0.39 is 12.1 Å². The van der Waals surface area contributed by atoms with Gasteiger partial charge in [0.05, 0.1) is 10.7 Å². The van der Waals surface area contributed by atoms with Crippen molar-refractivity contribution in [3.05, 3.63) is 23.2 Å². The van der Waals surface area contributed by atoms with Crippen LogP contribution in [0.3, 0.4) is 0 Å². The Morgan fingerprint density at radius 2 is 1.83 bits per heavy atom. The van der Waals surface area contributed by atoms with Gasteiger partial charge in [-0.25, -0.2) is 0 Å². The molecule has 0 heterocycles. The van der Waals surface area contributed by atoms with Gasteiger partial charge >= 0.3 is 12.1 Å². The third kappa shape index (κ3) is 3.92. The van der Waals surface area contributed by atoms with Crippen molar-refractivity contribution in [3.63, 3.8) is 0 Å². The summed E-state index contributed by atoms with van der Waals surface area (Å²) in [7, 11) is 0. The molecular formula is C10H8ClF3N2O2. The van der Waals surface area contributed by atoms with E-state index in [1.165, 1.54) is 19.1 Å². The van der Waals surface area contributed by atoms with Gasteiger partial charge in [-0.1, -0.05) is 11.6 Å². The minimum absolute atomic E-state index is 0.0187. The molecule has 4 nitrogen and oxygen atoms in total. The monoisotopic (exact) mass is 280 g/mol. The molecular weight excluding hydrogens is 273 g/mol. The molecule has 0 unspecified atom stereocenters. The first-order chi connectivity index (χ1) is 8.20. The highest BCUT2D eigenvalue weighted by Crippen LogP contribution is 2.26. The Kier molecular flexibility index (Phi) is 4.18. The highest BCUT2D eigenvalue weighted by Gasteiger charge is 2.38. The summed E-state index contributed by atoms with van der Waals surface area (Å²) in [6.07, 6.45) is -4.97. The Labute approximate surface area is 105 Å². The molecule has 1 aromatic rings. The second-order valence-corrected chi connectivity index (χ2v) is 3.73. The van der Waals surface area contributed by atoms with Gasteiger partial charge in [-0.3, -0.25) is 9.59 Å². The maximum absolute atomic E-state index is 12.0. The molecule has 1 rings (SSSR count). The molecule has 0 aliphatic carbocycles. The van der Waals surface area contributed by atoms with E-state index in [9.17, 15) is 22.8 Å². The second-order valence-electron chi connectivity index (χ2n) is 3.33. The molecule has 0 spiro atoms. The van der Waals surface area contributed by atoms with Crippen LogP contribution in [0.15, 0.2) is 18.2 Å². The first-order valence-electron chi connectivity index (χ1n) is 4.65. The fraction of sp³-hybridized carbons (Fsp3) is 0.200. The van der Waals surface area contributed by atoms with E-state index in [1.807, 2.05) is 0 Å². The van der Waals surface area contributed by atoms with Crippen molar-refractivity contribution in [1.82, 2.24) is 0 Å². The lowest BCUT2D eigenvalue weighted by atomic mass is 10.2. The molecule has 0 radical (unpaired) electrons. The standard InChI is InChI=1S/C10H8ClF3N2O2/c1-5(17)15-8-3-2-6(4-7(8)11)16-9(18)10(12,13)14/h2-4H,1H3,(H,15,17)(H,16,18). The fourth-order valence-electron chi connectivity index (χ4n) is 1.09. The number of carbonyl (C=O) groups excluding carboxylic acids is 2. The molecule has 1 aromatic carbocycles. The van der Waals surface area contributed by atoms with Crippen LogP contribution in [-0.2, 0) is 9.59 Å². The number of nitrogens with one attached hydrogen (secondary N) is 2. The summed E-state index contributed by atoms with van der Waals surface area (Å²) in [6, 6.07) is 3.59. The molecule has 0 aromatic heterocycles. The van der Waals surface area contributed by atoms with Gasteiger partial charge in [0.25, 0.3) is 0 Å². The topological polar surface area (TPSA) is 58.2 Å². The number of alkyl halides is 3. The maximum atomic E-state index is 12.0. The maximum Gasteiger partial charge on any atom is 0.471 e. The molecule has 2 amide bonds. The minimum Gasteiger partial charge on any atom is -0.325 e. The van der Waals surface area contributed by atoms with Gasteiger partial charge in [0, 0.05) is 12.6 Å². The van der Waals surface area contributed by atoms with Gasteiger partial charge in [-0.15, -0.1) is 0 Å². The average Bonchev–Trinajstić information content (AvgIpc) is 2.20. The van der Waals surface area contributed by atoms with Crippen LogP contribution in [0.4, 0.5) is 24.5 Å². The highest BCUT2D eigenvalue weighted by molar-refractivity contribution is 6.34. The van der Waals surface area contributed by atoms with Crippen molar-refractivity contribution in [2.45, 2.75) is 13.1 Å². The van der Waals surface area contributed by atoms with Gasteiger partial charge in [-0.05, 0) is 18.2 Å². The van der Waals surface area contributed by atoms with E-state index in [2.05, 4.69) is 5.32 Å². The van der Waals surface area contributed by atoms with E-state index in [0.717, 1.165) is 6.07 Å². The van der Waals surface area contributed by atoms with Crippen LogP contribution in [-0.4, -0.2) is 18.0 Å².